The third-order valence-corrected chi connectivity index (χ3v) is 6.23. The van der Waals surface area contributed by atoms with E-state index in [1.165, 1.54) is 0 Å². The van der Waals surface area contributed by atoms with Gasteiger partial charge in [-0.3, -0.25) is 14.3 Å². The highest BCUT2D eigenvalue weighted by atomic mass is 16.5. The lowest BCUT2D eigenvalue weighted by Gasteiger charge is -2.24. The summed E-state index contributed by atoms with van der Waals surface area (Å²) in [6.45, 7) is 6.78. The summed E-state index contributed by atoms with van der Waals surface area (Å²) in [4.78, 5) is 26.9. The molecule has 1 saturated heterocycles. The Morgan fingerprint density at radius 2 is 2.03 bits per heavy atom. The van der Waals surface area contributed by atoms with Gasteiger partial charge in [-0.15, -0.1) is 0 Å². The maximum Gasteiger partial charge on any atom is 0.260 e. The zero-order valence-corrected chi connectivity index (χ0v) is 19.4. The molecule has 1 aliphatic rings. The van der Waals surface area contributed by atoms with Gasteiger partial charge in [0.25, 0.3) is 5.56 Å². The Kier molecular flexibility index (Phi) is 6.08. The number of nitrogens with zero attached hydrogens (tertiary/aromatic N) is 4. The van der Waals surface area contributed by atoms with Gasteiger partial charge in [0.05, 0.1) is 18.4 Å². The first-order valence-corrected chi connectivity index (χ1v) is 11.5. The number of anilines is 1. The van der Waals surface area contributed by atoms with Crippen LogP contribution in [0.2, 0.25) is 0 Å². The standard InChI is InChI=1S/C26H28N6O2/c1-16-12-18(23-5-3-4-17(2)30-23)6-7-21(16)22-13-19-14-29-26(27)31-24(19)32(25(22)33)10-8-20-15-28-9-11-34-20/h3-7,12-14,20,28H,8-11,15H2,1-2H3,(H2,27,29,31). The molecule has 3 aromatic heterocycles. The van der Waals surface area contributed by atoms with Crippen LogP contribution in [0.4, 0.5) is 5.95 Å². The smallest absolute Gasteiger partial charge is 0.260 e. The fourth-order valence-electron chi connectivity index (χ4n) is 4.48. The van der Waals surface area contributed by atoms with Crippen LogP contribution >= 0.6 is 0 Å². The summed E-state index contributed by atoms with van der Waals surface area (Å²) in [7, 11) is 0. The molecule has 1 fully saturated rings. The predicted molar refractivity (Wildman–Crippen MR) is 134 cm³/mol. The second-order valence-electron chi connectivity index (χ2n) is 8.70. The Labute approximate surface area is 197 Å². The monoisotopic (exact) mass is 456 g/mol. The number of morpholine rings is 1. The van der Waals surface area contributed by atoms with Crippen molar-refractivity contribution in [3.8, 4) is 22.4 Å². The third-order valence-electron chi connectivity index (χ3n) is 6.23. The molecule has 1 atom stereocenters. The number of hydrogen-bond donors (Lipinski definition) is 2. The lowest BCUT2D eigenvalue weighted by Crippen LogP contribution is -2.39. The van der Waals surface area contributed by atoms with Crippen LogP contribution in [0, 0.1) is 13.8 Å². The first-order chi connectivity index (χ1) is 16.5. The van der Waals surface area contributed by atoms with E-state index in [1.807, 2.05) is 50.2 Å². The molecule has 1 unspecified atom stereocenters. The Morgan fingerprint density at radius 1 is 1.15 bits per heavy atom. The van der Waals surface area contributed by atoms with Gasteiger partial charge in [0, 0.05) is 48.0 Å². The number of ether oxygens (including phenoxy) is 1. The second kappa shape index (κ2) is 9.32. The van der Waals surface area contributed by atoms with E-state index in [9.17, 15) is 4.79 Å². The van der Waals surface area contributed by atoms with Crippen molar-refractivity contribution < 1.29 is 4.74 Å². The molecule has 0 saturated carbocycles. The summed E-state index contributed by atoms with van der Waals surface area (Å²) in [6.07, 6.45) is 2.43. The van der Waals surface area contributed by atoms with E-state index in [0.717, 1.165) is 46.6 Å². The molecule has 4 heterocycles. The zero-order chi connectivity index (χ0) is 23.7. The highest BCUT2D eigenvalue weighted by molar-refractivity contribution is 5.83. The van der Waals surface area contributed by atoms with E-state index < -0.39 is 0 Å². The zero-order valence-electron chi connectivity index (χ0n) is 19.4. The van der Waals surface area contributed by atoms with Crippen LogP contribution in [0.15, 0.2) is 53.5 Å². The van der Waals surface area contributed by atoms with E-state index in [2.05, 4.69) is 26.3 Å². The van der Waals surface area contributed by atoms with Gasteiger partial charge < -0.3 is 15.8 Å². The SMILES string of the molecule is Cc1cccc(-c2ccc(-c3cc4cnc(N)nc4n(CCC4CNCCO4)c3=O)c(C)c2)n1. The molecule has 0 spiro atoms. The molecule has 0 bridgehead atoms. The van der Waals surface area contributed by atoms with Crippen LogP contribution in [0.3, 0.4) is 0 Å². The number of hydrogen-bond acceptors (Lipinski definition) is 7. The van der Waals surface area contributed by atoms with Crippen molar-refractivity contribution in [2.45, 2.75) is 32.9 Å². The molecule has 0 amide bonds. The minimum absolute atomic E-state index is 0.0568. The number of aryl methyl sites for hydroxylation is 3. The summed E-state index contributed by atoms with van der Waals surface area (Å²) in [5, 5.41) is 4.11. The van der Waals surface area contributed by atoms with Crippen LogP contribution < -0.4 is 16.6 Å². The number of pyridine rings is 2. The molecule has 4 aromatic rings. The van der Waals surface area contributed by atoms with Gasteiger partial charge in [0.2, 0.25) is 5.95 Å². The minimum atomic E-state index is -0.0982. The minimum Gasteiger partial charge on any atom is -0.376 e. The quantitative estimate of drug-likeness (QED) is 0.475. The lowest BCUT2D eigenvalue weighted by molar-refractivity contribution is 0.0211. The number of aromatic nitrogens is 4. The normalized spacial score (nSPS) is 16.1. The largest absolute Gasteiger partial charge is 0.376 e. The van der Waals surface area contributed by atoms with Crippen molar-refractivity contribution in [2.24, 2.45) is 0 Å². The first-order valence-electron chi connectivity index (χ1n) is 11.5. The van der Waals surface area contributed by atoms with Crippen molar-refractivity contribution in [1.82, 2.24) is 24.8 Å². The van der Waals surface area contributed by atoms with Crippen LogP contribution in [0.25, 0.3) is 33.4 Å². The van der Waals surface area contributed by atoms with Gasteiger partial charge in [-0.2, -0.15) is 4.98 Å². The van der Waals surface area contributed by atoms with Gasteiger partial charge in [-0.1, -0.05) is 18.2 Å². The van der Waals surface area contributed by atoms with Crippen molar-refractivity contribution in [3.05, 3.63) is 70.3 Å². The van der Waals surface area contributed by atoms with Gasteiger partial charge in [-0.25, -0.2) is 4.98 Å². The third kappa shape index (κ3) is 4.42. The maximum atomic E-state index is 13.7. The Bertz CT molecular complexity index is 1410. The molecule has 5 rings (SSSR count). The van der Waals surface area contributed by atoms with E-state index in [4.69, 9.17) is 10.5 Å². The number of benzene rings is 1. The number of nitrogens with one attached hydrogen (secondary N) is 1. The van der Waals surface area contributed by atoms with Gasteiger partial charge >= 0.3 is 0 Å². The lowest BCUT2D eigenvalue weighted by atomic mass is 9.97. The average molecular weight is 457 g/mol. The Morgan fingerprint density at radius 3 is 2.79 bits per heavy atom. The van der Waals surface area contributed by atoms with Gasteiger partial charge in [0.1, 0.15) is 5.65 Å². The predicted octanol–water partition coefficient (Wildman–Crippen LogP) is 3.10. The average Bonchev–Trinajstić information content (AvgIpc) is 2.84. The van der Waals surface area contributed by atoms with Crippen LogP contribution in [0.1, 0.15) is 17.7 Å². The fraction of sp³-hybridized carbons (Fsp3) is 0.308. The van der Waals surface area contributed by atoms with Crippen LogP contribution in [0.5, 0.6) is 0 Å². The number of nitrogens with two attached hydrogens (primary N) is 1. The summed E-state index contributed by atoms with van der Waals surface area (Å²) in [5.74, 6) is 0.148. The van der Waals surface area contributed by atoms with Gasteiger partial charge in [0.15, 0.2) is 0 Å². The van der Waals surface area contributed by atoms with E-state index >= 15 is 0 Å². The molecule has 8 heteroatoms. The molecule has 0 aliphatic carbocycles. The summed E-state index contributed by atoms with van der Waals surface area (Å²) in [6, 6.07) is 13.9. The molecule has 1 aromatic carbocycles. The topological polar surface area (TPSA) is 108 Å². The van der Waals surface area contributed by atoms with E-state index in [-0.39, 0.29) is 17.6 Å². The van der Waals surface area contributed by atoms with Crippen molar-refractivity contribution >= 4 is 17.0 Å². The maximum absolute atomic E-state index is 13.7. The molecule has 34 heavy (non-hydrogen) atoms. The molecule has 174 valence electrons. The summed E-state index contributed by atoms with van der Waals surface area (Å²) >= 11 is 0. The fourth-order valence-corrected chi connectivity index (χ4v) is 4.48. The molecule has 1 aliphatic heterocycles. The van der Waals surface area contributed by atoms with Crippen molar-refractivity contribution in [3.63, 3.8) is 0 Å². The van der Waals surface area contributed by atoms with Crippen LogP contribution in [-0.2, 0) is 11.3 Å². The number of fused-ring (bicyclic) bond motifs is 1. The van der Waals surface area contributed by atoms with E-state index in [0.29, 0.717) is 30.8 Å². The Balaban J connectivity index is 1.57. The summed E-state index contributed by atoms with van der Waals surface area (Å²) in [5.41, 5.74) is 11.7. The Hall–Kier alpha value is -3.62. The van der Waals surface area contributed by atoms with Crippen LogP contribution in [-0.4, -0.2) is 45.3 Å². The molecule has 0 radical (unpaired) electrons. The molecular formula is C26H28N6O2. The van der Waals surface area contributed by atoms with Gasteiger partial charge in [-0.05, 0) is 55.7 Å². The number of nitrogen functional groups attached to an aromatic ring is 1. The van der Waals surface area contributed by atoms with Crippen molar-refractivity contribution in [2.75, 3.05) is 25.4 Å². The molecule has 8 nitrogen and oxygen atoms in total. The number of rotatable bonds is 5. The van der Waals surface area contributed by atoms with E-state index in [1.54, 1.807) is 10.8 Å². The van der Waals surface area contributed by atoms with Crippen molar-refractivity contribution in [1.29, 1.82) is 0 Å². The first kappa shape index (κ1) is 22.2. The molecule has 3 N–H and O–H groups in total. The highest BCUT2D eigenvalue weighted by Gasteiger charge is 2.18. The molecular weight excluding hydrogens is 428 g/mol. The second-order valence-corrected chi connectivity index (χ2v) is 8.70. The highest BCUT2D eigenvalue weighted by Crippen LogP contribution is 2.28. The summed E-state index contributed by atoms with van der Waals surface area (Å²) < 4.78 is 7.54.